The molecule has 0 saturated carbocycles. The molecule has 1 atom stereocenters. The van der Waals surface area contributed by atoms with Crippen molar-refractivity contribution < 1.29 is 0 Å². The van der Waals surface area contributed by atoms with Crippen LogP contribution in [0.15, 0.2) is 24.4 Å². The minimum Gasteiger partial charge on any atom is -0.324 e. The molecule has 0 bridgehead atoms. The molecule has 0 fully saturated rings. The maximum absolute atomic E-state index is 6.08. The van der Waals surface area contributed by atoms with Gasteiger partial charge >= 0.3 is 0 Å². The summed E-state index contributed by atoms with van der Waals surface area (Å²) in [5.41, 5.74) is 12.5. The highest BCUT2D eigenvalue weighted by atomic mass is 15.2. The zero-order chi connectivity index (χ0) is 12.7. The molecule has 1 unspecified atom stereocenters. The Morgan fingerprint density at radius 1 is 1.44 bits per heavy atom. The molecule has 1 aliphatic carbocycles. The summed E-state index contributed by atoms with van der Waals surface area (Å²) in [7, 11) is 1.98. The molecular formula is C15H19N3. The van der Waals surface area contributed by atoms with E-state index in [0.29, 0.717) is 0 Å². The van der Waals surface area contributed by atoms with Gasteiger partial charge in [0, 0.05) is 24.8 Å². The first kappa shape index (κ1) is 11.5. The average Bonchev–Trinajstić information content (AvgIpc) is 2.93. The average molecular weight is 241 g/mol. The monoisotopic (exact) mass is 241 g/mol. The Morgan fingerprint density at radius 3 is 3.06 bits per heavy atom. The molecule has 0 radical (unpaired) electrons. The Labute approximate surface area is 108 Å². The molecule has 0 amide bonds. The molecule has 18 heavy (non-hydrogen) atoms. The molecule has 3 rings (SSSR count). The number of benzene rings is 1. The molecule has 2 aromatic rings. The molecule has 1 aromatic heterocycles. The number of rotatable bonds is 2. The Bertz CT molecular complexity index is 583. The lowest BCUT2D eigenvalue weighted by atomic mass is 9.99. The van der Waals surface area contributed by atoms with Crippen LogP contribution in [0.4, 0.5) is 0 Å². The third-order valence-electron chi connectivity index (χ3n) is 3.82. The second kappa shape index (κ2) is 4.25. The molecule has 0 saturated heterocycles. The minimum atomic E-state index is 0.230. The van der Waals surface area contributed by atoms with Gasteiger partial charge in [-0.25, -0.2) is 0 Å². The van der Waals surface area contributed by atoms with E-state index in [2.05, 4.69) is 36.4 Å². The van der Waals surface area contributed by atoms with Crippen molar-refractivity contribution >= 4 is 0 Å². The van der Waals surface area contributed by atoms with Crippen molar-refractivity contribution in [1.29, 1.82) is 0 Å². The predicted octanol–water partition coefficient (Wildman–Crippen LogP) is 2.60. The van der Waals surface area contributed by atoms with Crippen LogP contribution in [0.5, 0.6) is 0 Å². The number of nitrogens with zero attached hydrogens (tertiary/aromatic N) is 2. The van der Waals surface area contributed by atoms with Gasteiger partial charge in [0.1, 0.15) is 0 Å². The van der Waals surface area contributed by atoms with E-state index in [1.54, 1.807) is 0 Å². The highest BCUT2D eigenvalue weighted by Crippen LogP contribution is 2.33. The van der Waals surface area contributed by atoms with E-state index in [9.17, 15) is 0 Å². The van der Waals surface area contributed by atoms with E-state index in [0.717, 1.165) is 19.3 Å². The number of hydrogen-bond donors (Lipinski definition) is 1. The van der Waals surface area contributed by atoms with Gasteiger partial charge in [-0.05, 0) is 36.0 Å². The van der Waals surface area contributed by atoms with Gasteiger partial charge in [0.25, 0.3) is 0 Å². The maximum atomic E-state index is 6.08. The SMILES string of the molecule is CCc1nn(C)cc1-c1ccc2c(c1)CCC2N. The molecular weight excluding hydrogens is 222 g/mol. The van der Waals surface area contributed by atoms with Crippen molar-refractivity contribution in [3.8, 4) is 11.1 Å². The van der Waals surface area contributed by atoms with E-state index in [4.69, 9.17) is 5.73 Å². The molecule has 3 nitrogen and oxygen atoms in total. The number of fused-ring (bicyclic) bond motifs is 1. The van der Waals surface area contributed by atoms with Crippen molar-refractivity contribution in [2.24, 2.45) is 12.8 Å². The summed E-state index contributed by atoms with van der Waals surface area (Å²) in [6.07, 6.45) is 5.25. The molecule has 1 aliphatic rings. The lowest BCUT2D eigenvalue weighted by Gasteiger charge is -2.07. The van der Waals surface area contributed by atoms with Gasteiger partial charge in [0.15, 0.2) is 0 Å². The molecule has 1 aromatic carbocycles. The fourth-order valence-electron chi connectivity index (χ4n) is 2.85. The molecule has 0 aliphatic heterocycles. The van der Waals surface area contributed by atoms with Crippen LogP contribution in [-0.4, -0.2) is 9.78 Å². The highest BCUT2D eigenvalue weighted by Gasteiger charge is 2.19. The van der Waals surface area contributed by atoms with E-state index < -0.39 is 0 Å². The van der Waals surface area contributed by atoms with Crippen LogP contribution in [0.2, 0.25) is 0 Å². The van der Waals surface area contributed by atoms with Crippen LogP contribution in [-0.2, 0) is 19.9 Å². The molecule has 1 heterocycles. The first-order valence-corrected chi connectivity index (χ1v) is 6.60. The summed E-state index contributed by atoms with van der Waals surface area (Å²) in [5.74, 6) is 0. The first-order chi connectivity index (χ1) is 8.69. The van der Waals surface area contributed by atoms with Crippen molar-refractivity contribution in [1.82, 2.24) is 9.78 Å². The Hall–Kier alpha value is -1.61. The topological polar surface area (TPSA) is 43.8 Å². The zero-order valence-corrected chi connectivity index (χ0v) is 11.0. The van der Waals surface area contributed by atoms with Gasteiger partial charge in [-0.2, -0.15) is 5.10 Å². The van der Waals surface area contributed by atoms with Crippen LogP contribution in [0.3, 0.4) is 0 Å². The smallest absolute Gasteiger partial charge is 0.0700 e. The van der Waals surface area contributed by atoms with Crippen LogP contribution in [0.25, 0.3) is 11.1 Å². The van der Waals surface area contributed by atoms with Gasteiger partial charge in [-0.1, -0.05) is 25.1 Å². The van der Waals surface area contributed by atoms with Gasteiger partial charge < -0.3 is 5.73 Å². The summed E-state index contributed by atoms with van der Waals surface area (Å²) in [4.78, 5) is 0. The van der Waals surface area contributed by atoms with Gasteiger partial charge in [-0.3, -0.25) is 4.68 Å². The summed E-state index contributed by atoms with van der Waals surface area (Å²) in [5, 5.41) is 4.51. The van der Waals surface area contributed by atoms with E-state index >= 15 is 0 Å². The molecule has 0 spiro atoms. The van der Waals surface area contributed by atoms with Gasteiger partial charge in [0.05, 0.1) is 5.69 Å². The predicted molar refractivity (Wildman–Crippen MR) is 73.3 cm³/mol. The van der Waals surface area contributed by atoms with Crippen molar-refractivity contribution in [3.63, 3.8) is 0 Å². The van der Waals surface area contributed by atoms with Crippen molar-refractivity contribution in [3.05, 3.63) is 41.2 Å². The van der Waals surface area contributed by atoms with Crippen molar-refractivity contribution in [2.75, 3.05) is 0 Å². The lowest BCUT2D eigenvalue weighted by Crippen LogP contribution is -2.04. The van der Waals surface area contributed by atoms with Crippen LogP contribution < -0.4 is 5.73 Å². The van der Waals surface area contributed by atoms with E-state index in [1.165, 1.54) is 27.9 Å². The second-order valence-corrected chi connectivity index (χ2v) is 5.08. The van der Waals surface area contributed by atoms with Crippen LogP contribution >= 0.6 is 0 Å². The number of hydrogen-bond acceptors (Lipinski definition) is 2. The molecule has 2 N–H and O–H groups in total. The largest absolute Gasteiger partial charge is 0.324 e. The van der Waals surface area contributed by atoms with Crippen LogP contribution in [0, 0.1) is 0 Å². The van der Waals surface area contributed by atoms with Gasteiger partial charge in [-0.15, -0.1) is 0 Å². The Kier molecular flexibility index (Phi) is 2.71. The van der Waals surface area contributed by atoms with Gasteiger partial charge in [0.2, 0.25) is 0 Å². The zero-order valence-electron chi connectivity index (χ0n) is 11.0. The summed E-state index contributed by atoms with van der Waals surface area (Å²) < 4.78 is 1.90. The number of nitrogens with two attached hydrogens (primary N) is 1. The highest BCUT2D eigenvalue weighted by molar-refractivity contribution is 5.67. The lowest BCUT2D eigenvalue weighted by molar-refractivity contribution is 0.713. The van der Waals surface area contributed by atoms with Crippen molar-refractivity contribution in [2.45, 2.75) is 32.2 Å². The second-order valence-electron chi connectivity index (χ2n) is 5.08. The third kappa shape index (κ3) is 1.75. The third-order valence-corrected chi connectivity index (χ3v) is 3.82. The number of aromatic nitrogens is 2. The summed E-state index contributed by atoms with van der Waals surface area (Å²) in [6.45, 7) is 2.15. The molecule has 3 heteroatoms. The fourth-order valence-corrected chi connectivity index (χ4v) is 2.85. The summed E-state index contributed by atoms with van der Waals surface area (Å²) >= 11 is 0. The minimum absolute atomic E-state index is 0.230. The normalized spacial score (nSPS) is 18.1. The Balaban J connectivity index is 2.07. The van der Waals surface area contributed by atoms with E-state index in [1.807, 2.05) is 11.7 Å². The fraction of sp³-hybridized carbons (Fsp3) is 0.400. The quantitative estimate of drug-likeness (QED) is 0.878. The standard InChI is InChI=1S/C15H19N3/c1-3-15-13(9-18(2)17-15)11-4-6-12-10(8-11)5-7-14(12)16/h4,6,8-9,14H,3,5,7,16H2,1-2H3. The molecule has 94 valence electrons. The Morgan fingerprint density at radius 2 is 2.28 bits per heavy atom. The number of aryl methyl sites for hydroxylation is 3. The van der Waals surface area contributed by atoms with Crippen LogP contribution in [0.1, 0.15) is 36.2 Å². The first-order valence-electron chi connectivity index (χ1n) is 6.60. The van der Waals surface area contributed by atoms with E-state index in [-0.39, 0.29) is 6.04 Å². The maximum Gasteiger partial charge on any atom is 0.0700 e. The summed E-state index contributed by atoms with van der Waals surface area (Å²) in [6, 6.07) is 6.89.